The third-order valence-electron chi connectivity index (χ3n) is 6.68. The van der Waals surface area contributed by atoms with E-state index in [1.54, 1.807) is 7.11 Å². The van der Waals surface area contributed by atoms with Crippen molar-refractivity contribution in [3.8, 4) is 28.1 Å². The number of nitrogens with zero attached hydrogens (tertiary/aromatic N) is 3. The summed E-state index contributed by atoms with van der Waals surface area (Å²) in [6.45, 7) is 12.0. The van der Waals surface area contributed by atoms with Crippen LogP contribution in [0.15, 0.2) is 34.9 Å². The molecule has 0 atom stereocenters. The fourth-order valence-corrected chi connectivity index (χ4v) is 4.81. The number of nitrogens with one attached hydrogen (secondary N) is 1. The highest BCUT2D eigenvalue weighted by molar-refractivity contribution is 6.13. The molecule has 0 saturated heterocycles. The number of rotatable bonds is 4. The number of H-pyrrole nitrogens is 1. The standard InChI is InChI=1S/C29H30N4O4/c1-14-24(15(2)37-33-14)21-12-22-20(13-23(21)35-7)25-26(30-16(3)31-27(25)32-22)17-9-18(28(34)36-8)11-19(10-17)29(4,5)6/h9-13H,1-8H3,(H,30,31,32). The maximum absolute atomic E-state index is 12.6. The lowest BCUT2D eigenvalue weighted by Crippen LogP contribution is -2.13. The van der Waals surface area contributed by atoms with Crippen LogP contribution in [0.5, 0.6) is 5.75 Å². The minimum atomic E-state index is -0.390. The van der Waals surface area contributed by atoms with Crippen molar-refractivity contribution < 1.29 is 18.8 Å². The van der Waals surface area contributed by atoms with Gasteiger partial charge in [-0.1, -0.05) is 25.9 Å². The number of methoxy groups -OCH3 is 2. The molecule has 0 radical (unpaired) electrons. The zero-order valence-corrected chi connectivity index (χ0v) is 22.4. The van der Waals surface area contributed by atoms with E-state index in [-0.39, 0.29) is 11.4 Å². The molecule has 0 unspecified atom stereocenters. The van der Waals surface area contributed by atoms with E-state index in [1.165, 1.54) is 7.11 Å². The molecule has 8 heteroatoms. The monoisotopic (exact) mass is 498 g/mol. The van der Waals surface area contributed by atoms with Gasteiger partial charge >= 0.3 is 5.97 Å². The molecule has 3 aromatic heterocycles. The lowest BCUT2D eigenvalue weighted by Gasteiger charge is -2.21. The van der Waals surface area contributed by atoms with Gasteiger partial charge in [-0.3, -0.25) is 0 Å². The summed E-state index contributed by atoms with van der Waals surface area (Å²) in [5, 5.41) is 5.88. The number of hydrogen-bond donors (Lipinski definition) is 1. The van der Waals surface area contributed by atoms with Crippen LogP contribution in [-0.2, 0) is 10.2 Å². The molecule has 5 rings (SSSR count). The average Bonchev–Trinajstić information content (AvgIpc) is 3.38. The summed E-state index contributed by atoms with van der Waals surface area (Å²) in [7, 11) is 3.04. The van der Waals surface area contributed by atoms with Gasteiger partial charge < -0.3 is 19.0 Å². The molecule has 0 aliphatic heterocycles. The number of aromatic nitrogens is 4. The Morgan fingerprint density at radius 2 is 1.76 bits per heavy atom. The number of ether oxygens (including phenoxy) is 2. The number of aromatic amines is 1. The first-order chi connectivity index (χ1) is 17.5. The molecule has 0 bridgehead atoms. The van der Waals surface area contributed by atoms with E-state index in [0.717, 1.165) is 55.7 Å². The van der Waals surface area contributed by atoms with E-state index in [2.05, 4.69) is 37.0 Å². The predicted octanol–water partition coefficient (Wildman–Crippen LogP) is 6.45. The van der Waals surface area contributed by atoms with Crippen LogP contribution in [-0.4, -0.2) is 40.3 Å². The molecule has 1 N–H and O–H groups in total. The maximum atomic E-state index is 12.6. The van der Waals surface area contributed by atoms with Crippen molar-refractivity contribution >= 4 is 27.9 Å². The number of carbonyl (C=O) groups excluding carboxylic acids is 1. The Morgan fingerprint density at radius 1 is 1.00 bits per heavy atom. The summed E-state index contributed by atoms with van der Waals surface area (Å²) >= 11 is 0. The fraction of sp³-hybridized carbons (Fsp3) is 0.310. The first kappa shape index (κ1) is 24.5. The van der Waals surface area contributed by atoms with Crippen LogP contribution in [0.25, 0.3) is 44.3 Å². The van der Waals surface area contributed by atoms with Gasteiger partial charge in [0.05, 0.1) is 42.1 Å². The van der Waals surface area contributed by atoms with Gasteiger partial charge in [-0.05, 0) is 62.1 Å². The van der Waals surface area contributed by atoms with Gasteiger partial charge in [0.1, 0.15) is 23.0 Å². The van der Waals surface area contributed by atoms with E-state index in [9.17, 15) is 4.79 Å². The van der Waals surface area contributed by atoms with Gasteiger partial charge in [-0.15, -0.1) is 0 Å². The van der Waals surface area contributed by atoms with Gasteiger partial charge in [0.25, 0.3) is 0 Å². The summed E-state index contributed by atoms with van der Waals surface area (Å²) in [6, 6.07) is 9.83. The second kappa shape index (κ2) is 8.73. The van der Waals surface area contributed by atoms with Crippen LogP contribution in [0.2, 0.25) is 0 Å². The summed E-state index contributed by atoms with van der Waals surface area (Å²) in [5.41, 5.74) is 7.01. The van der Waals surface area contributed by atoms with Crippen LogP contribution in [0.1, 0.15) is 54.0 Å². The summed E-state index contributed by atoms with van der Waals surface area (Å²) < 4.78 is 16.3. The molecule has 0 saturated carbocycles. The number of benzene rings is 2. The highest BCUT2D eigenvalue weighted by Gasteiger charge is 2.23. The molecule has 2 aromatic carbocycles. The highest BCUT2D eigenvalue weighted by Crippen LogP contribution is 2.42. The van der Waals surface area contributed by atoms with Gasteiger partial charge in [0.15, 0.2) is 0 Å². The Hall–Kier alpha value is -4.20. The molecule has 0 spiro atoms. The zero-order chi connectivity index (χ0) is 26.6. The van der Waals surface area contributed by atoms with Crippen molar-refractivity contribution in [2.45, 2.75) is 47.0 Å². The maximum Gasteiger partial charge on any atom is 0.337 e. The van der Waals surface area contributed by atoms with Crippen molar-refractivity contribution in [1.29, 1.82) is 0 Å². The van der Waals surface area contributed by atoms with E-state index in [4.69, 9.17) is 24.0 Å². The number of esters is 1. The second-order valence-corrected chi connectivity index (χ2v) is 10.3. The smallest absolute Gasteiger partial charge is 0.337 e. The Balaban J connectivity index is 1.84. The summed E-state index contributed by atoms with van der Waals surface area (Å²) in [6.07, 6.45) is 0. The first-order valence-corrected chi connectivity index (χ1v) is 12.1. The number of fused-ring (bicyclic) bond motifs is 3. The molecular formula is C29H30N4O4. The van der Waals surface area contributed by atoms with Crippen molar-refractivity contribution in [3.63, 3.8) is 0 Å². The van der Waals surface area contributed by atoms with Gasteiger partial charge in [-0.25, -0.2) is 14.8 Å². The highest BCUT2D eigenvalue weighted by atomic mass is 16.5. The Labute approximate surface area is 215 Å². The molecule has 37 heavy (non-hydrogen) atoms. The van der Waals surface area contributed by atoms with Crippen LogP contribution in [0.3, 0.4) is 0 Å². The van der Waals surface area contributed by atoms with Crippen molar-refractivity contribution in [1.82, 2.24) is 20.1 Å². The lowest BCUT2D eigenvalue weighted by molar-refractivity contribution is 0.0600. The van der Waals surface area contributed by atoms with Gasteiger partial charge in [0, 0.05) is 22.0 Å². The topological polar surface area (TPSA) is 103 Å². The largest absolute Gasteiger partial charge is 0.496 e. The predicted molar refractivity (Wildman–Crippen MR) is 143 cm³/mol. The third-order valence-corrected chi connectivity index (χ3v) is 6.68. The number of carbonyl (C=O) groups is 1. The second-order valence-electron chi connectivity index (χ2n) is 10.3. The zero-order valence-electron chi connectivity index (χ0n) is 22.4. The van der Waals surface area contributed by atoms with Crippen LogP contribution >= 0.6 is 0 Å². The first-order valence-electron chi connectivity index (χ1n) is 12.1. The summed E-state index contributed by atoms with van der Waals surface area (Å²) in [4.78, 5) is 25.6. The van der Waals surface area contributed by atoms with Crippen molar-refractivity contribution in [2.24, 2.45) is 0 Å². The van der Waals surface area contributed by atoms with Crippen LogP contribution < -0.4 is 4.74 Å². The SMILES string of the molecule is COC(=O)c1cc(-c2nc(C)nc3[nH]c4cc(-c5c(C)noc5C)c(OC)cc4c23)cc(C(C)(C)C)c1. The Bertz CT molecular complexity index is 1670. The van der Waals surface area contributed by atoms with E-state index in [0.29, 0.717) is 22.8 Å². The van der Waals surface area contributed by atoms with E-state index >= 15 is 0 Å². The Kier molecular flexibility index (Phi) is 5.78. The van der Waals surface area contributed by atoms with E-state index in [1.807, 2.05) is 45.0 Å². The van der Waals surface area contributed by atoms with Gasteiger partial charge in [-0.2, -0.15) is 0 Å². The minimum absolute atomic E-state index is 0.188. The fourth-order valence-electron chi connectivity index (χ4n) is 4.81. The molecule has 0 amide bonds. The Morgan fingerprint density at radius 3 is 2.38 bits per heavy atom. The average molecular weight is 499 g/mol. The normalized spacial score (nSPS) is 11.9. The lowest BCUT2D eigenvalue weighted by atomic mass is 9.84. The van der Waals surface area contributed by atoms with Crippen LogP contribution in [0.4, 0.5) is 0 Å². The molecule has 3 heterocycles. The molecular weight excluding hydrogens is 468 g/mol. The van der Waals surface area contributed by atoms with Crippen molar-refractivity contribution in [3.05, 3.63) is 58.7 Å². The van der Waals surface area contributed by atoms with Crippen LogP contribution in [0, 0.1) is 20.8 Å². The number of hydrogen-bond acceptors (Lipinski definition) is 7. The molecule has 5 aromatic rings. The molecule has 0 aliphatic carbocycles. The molecule has 0 aliphatic rings. The van der Waals surface area contributed by atoms with E-state index < -0.39 is 0 Å². The third kappa shape index (κ3) is 4.12. The molecule has 8 nitrogen and oxygen atoms in total. The number of aryl methyl sites for hydroxylation is 3. The summed E-state index contributed by atoms with van der Waals surface area (Å²) in [5.74, 6) is 1.64. The molecule has 0 fully saturated rings. The van der Waals surface area contributed by atoms with Gasteiger partial charge in [0.2, 0.25) is 0 Å². The quantitative estimate of drug-likeness (QED) is 0.284. The minimum Gasteiger partial charge on any atom is -0.496 e. The van der Waals surface area contributed by atoms with Crippen molar-refractivity contribution in [2.75, 3.05) is 14.2 Å². The molecule has 190 valence electrons.